The summed E-state index contributed by atoms with van der Waals surface area (Å²) >= 11 is 0. The Hall–Kier alpha value is -2.96. The van der Waals surface area contributed by atoms with Crippen LogP contribution in [0, 0.1) is 11.6 Å². The van der Waals surface area contributed by atoms with Crippen LogP contribution in [0.3, 0.4) is 0 Å². The second kappa shape index (κ2) is 5.58. The van der Waals surface area contributed by atoms with E-state index in [9.17, 15) is 18.4 Å². The highest BCUT2D eigenvalue weighted by Crippen LogP contribution is 2.17. The van der Waals surface area contributed by atoms with E-state index in [0.29, 0.717) is 0 Å². The van der Waals surface area contributed by atoms with Gasteiger partial charge in [0.05, 0.1) is 11.1 Å². The Morgan fingerprint density at radius 3 is 2.19 bits per heavy atom. The number of hydrogen-bond acceptors (Lipinski definition) is 3. The van der Waals surface area contributed by atoms with Crippen LogP contribution in [-0.4, -0.2) is 17.0 Å². The molecule has 2 aromatic carbocycles. The smallest absolute Gasteiger partial charge is 0.338 e. The molecule has 0 heterocycles. The summed E-state index contributed by atoms with van der Waals surface area (Å²) < 4.78 is 27.0. The molecule has 5 nitrogen and oxygen atoms in total. The number of halogens is 2. The lowest BCUT2D eigenvalue weighted by Gasteiger charge is -2.07. The SMILES string of the molecule is Nc1ccc(C(=O)Nc2ccc(C(=O)O)c(F)c2)c(F)c1. The van der Waals surface area contributed by atoms with E-state index in [1.165, 1.54) is 18.2 Å². The van der Waals surface area contributed by atoms with E-state index in [4.69, 9.17) is 10.8 Å². The number of nitrogen functional groups attached to an aromatic ring is 1. The van der Waals surface area contributed by atoms with Gasteiger partial charge < -0.3 is 16.2 Å². The Balaban J connectivity index is 2.23. The maximum Gasteiger partial charge on any atom is 0.338 e. The summed E-state index contributed by atoms with van der Waals surface area (Å²) in [5.41, 5.74) is 4.77. The molecule has 0 aromatic heterocycles. The Labute approximate surface area is 118 Å². The molecule has 4 N–H and O–H groups in total. The zero-order valence-electron chi connectivity index (χ0n) is 10.6. The number of anilines is 2. The van der Waals surface area contributed by atoms with Crippen LogP contribution in [-0.2, 0) is 0 Å². The second-order valence-corrected chi connectivity index (χ2v) is 4.19. The highest BCUT2D eigenvalue weighted by molar-refractivity contribution is 6.04. The number of hydrogen-bond donors (Lipinski definition) is 3. The Bertz CT molecular complexity index is 732. The summed E-state index contributed by atoms with van der Waals surface area (Å²) in [6.45, 7) is 0. The topological polar surface area (TPSA) is 92.4 Å². The van der Waals surface area contributed by atoms with Crippen molar-refractivity contribution in [2.75, 3.05) is 11.1 Å². The van der Waals surface area contributed by atoms with Crippen LogP contribution in [0.4, 0.5) is 20.2 Å². The molecule has 0 unspecified atom stereocenters. The highest BCUT2D eigenvalue weighted by atomic mass is 19.1. The normalized spacial score (nSPS) is 10.2. The first kappa shape index (κ1) is 14.4. The van der Waals surface area contributed by atoms with Crippen molar-refractivity contribution >= 4 is 23.3 Å². The van der Waals surface area contributed by atoms with Crippen molar-refractivity contribution in [1.29, 1.82) is 0 Å². The molecular weight excluding hydrogens is 282 g/mol. The van der Waals surface area contributed by atoms with Crippen molar-refractivity contribution in [1.82, 2.24) is 0 Å². The summed E-state index contributed by atoms with van der Waals surface area (Å²) in [5.74, 6) is -4.03. The first-order chi connectivity index (χ1) is 9.88. The molecule has 0 bridgehead atoms. The van der Waals surface area contributed by atoms with Gasteiger partial charge in [-0.25, -0.2) is 13.6 Å². The minimum atomic E-state index is -1.42. The number of aromatic carboxylic acids is 1. The maximum atomic E-state index is 13.6. The average Bonchev–Trinajstić information content (AvgIpc) is 2.37. The summed E-state index contributed by atoms with van der Waals surface area (Å²) in [5, 5.41) is 11.0. The number of carbonyl (C=O) groups is 2. The first-order valence-electron chi connectivity index (χ1n) is 5.77. The molecule has 21 heavy (non-hydrogen) atoms. The van der Waals surface area contributed by atoms with Crippen LogP contribution < -0.4 is 11.1 Å². The van der Waals surface area contributed by atoms with Gasteiger partial charge in [0.2, 0.25) is 0 Å². The molecule has 0 aliphatic heterocycles. The van der Waals surface area contributed by atoms with Crippen molar-refractivity contribution in [3.63, 3.8) is 0 Å². The summed E-state index contributed by atoms with van der Waals surface area (Å²) in [6, 6.07) is 6.60. The van der Waals surface area contributed by atoms with Gasteiger partial charge in [0.1, 0.15) is 11.6 Å². The lowest BCUT2D eigenvalue weighted by Crippen LogP contribution is -2.14. The quantitative estimate of drug-likeness (QED) is 0.758. The van der Waals surface area contributed by atoms with E-state index in [1.54, 1.807) is 0 Å². The lowest BCUT2D eigenvalue weighted by atomic mass is 10.1. The molecule has 0 saturated carbocycles. The minimum Gasteiger partial charge on any atom is -0.478 e. The Morgan fingerprint density at radius 1 is 1.00 bits per heavy atom. The van der Waals surface area contributed by atoms with E-state index < -0.39 is 29.1 Å². The van der Waals surface area contributed by atoms with Crippen molar-refractivity contribution in [3.8, 4) is 0 Å². The largest absolute Gasteiger partial charge is 0.478 e. The van der Waals surface area contributed by atoms with E-state index in [2.05, 4.69) is 5.32 Å². The predicted octanol–water partition coefficient (Wildman–Crippen LogP) is 2.50. The first-order valence-corrected chi connectivity index (χ1v) is 5.77. The number of nitrogens with one attached hydrogen (secondary N) is 1. The van der Waals surface area contributed by atoms with Crippen molar-refractivity contribution in [2.24, 2.45) is 0 Å². The Morgan fingerprint density at radius 2 is 1.62 bits per heavy atom. The van der Waals surface area contributed by atoms with Crippen molar-refractivity contribution < 1.29 is 23.5 Å². The predicted molar refractivity (Wildman–Crippen MR) is 72.1 cm³/mol. The molecule has 0 fully saturated rings. The van der Waals surface area contributed by atoms with Gasteiger partial charge in [0.15, 0.2) is 0 Å². The van der Waals surface area contributed by atoms with Gasteiger partial charge in [0, 0.05) is 11.4 Å². The van der Waals surface area contributed by atoms with Gasteiger partial charge in [0.25, 0.3) is 5.91 Å². The molecule has 2 rings (SSSR count). The van der Waals surface area contributed by atoms with E-state index in [0.717, 1.165) is 18.2 Å². The lowest BCUT2D eigenvalue weighted by molar-refractivity contribution is 0.0691. The molecule has 108 valence electrons. The van der Waals surface area contributed by atoms with Gasteiger partial charge in [-0.2, -0.15) is 0 Å². The number of nitrogens with two attached hydrogens (primary N) is 1. The number of carbonyl (C=O) groups excluding carboxylic acids is 1. The van der Waals surface area contributed by atoms with Gasteiger partial charge in [-0.1, -0.05) is 0 Å². The average molecular weight is 292 g/mol. The molecule has 0 radical (unpaired) electrons. The number of amides is 1. The summed E-state index contributed by atoms with van der Waals surface area (Å²) in [6.07, 6.45) is 0. The third kappa shape index (κ3) is 3.14. The molecular formula is C14H10F2N2O3. The van der Waals surface area contributed by atoms with E-state index in [1.807, 2.05) is 0 Å². The molecule has 7 heteroatoms. The number of benzene rings is 2. The van der Waals surface area contributed by atoms with Crippen LogP contribution in [0.2, 0.25) is 0 Å². The highest BCUT2D eigenvalue weighted by Gasteiger charge is 2.14. The number of carboxylic acid groups (broad SMARTS) is 1. The molecule has 0 atom stereocenters. The molecule has 0 spiro atoms. The molecule has 2 aromatic rings. The zero-order valence-corrected chi connectivity index (χ0v) is 10.6. The standard InChI is InChI=1S/C14H10F2N2O3/c15-11-5-7(17)1-3-9(11)13(19)18-8-2-4-10(14(20)21)12(16)6-8/h1-6H,17H2,(H,18,19)(H,20,21). The summed E-state index contributed by atoms with van der Waals surface area (Å²) in [4.78, 5) is 22.5. The fourth-order valence-corrected chi connectivity index (χ4v) is 1.68. The van der Waals surface area contributed by atoms with Crippen LogP contribution in [0.5, 0.6) is 0 Å². The summed E-state index contributed by atoms with van der Waals surface area (Å²) in [7, 11) is 0. The van der Waals surface area contributed by atoms with Crippen LogP contribution in [0.1, 0.15) is 20.7 Å². The van der Waals surface area contributed by atoms with E-state index in [-0.39, 0.29) is 16.9 Å². The molecule has 0 aliphatic carbocycles. The van der Waals surface area contributed by atoms with Gasteiger partial charge in [-0.15, -0.1) is 0 Å². The van der Waals surface area contributed by atoms with Gasteiger partial charge in [-0.3, -0.25) is 4.79 Å². The maximum absolute atomic E-state index is 13.6. The fraction of sp³-hybridized carbons (Fsp3) is 0. The Kier molecular flexibility index (Phi) is 3.84. The second-order valence-electron chi connectivity index (χ2n) is 4.19. The number of rotatable bonds is 3. The van der Waals surface area contributed by atoms with Crippen molar-refractivity contribution in [2.45, 2.75) is 0 Å². The molecule has 1 amide bonds. The minimum absolute atomic E-state index is 0.0127. The zero-order chi connectivity index (χ0) is 15.6. The van der Waals surface area contributed by atoms with Crippen LogP contribution >= 0.6 is 0 Å². The third-order valence-electron chi connectivity index (χ3n) is 2.70. The monoisotopic (exact) mass is 292 g/mol. The van der Waals surface area contributed by atoms with Crippen molar-refractivity contribution in [3.05, 3.63) is 59.2 Å². The van der Waals surface area contributed by atoms with Gasteiger partial charge in [-0.05, 0) is 36.4 Å². The van der Waals surface area contributed by atoms with Crippen LogP contribution in [0.15, 0.2) is 36.4 Å². The van der Waals surface area contributed by atoms with E-state index >= 15 is 0 Å². The number of carboxylic acids is 1. The molecule has 0 saturated heterocycles. The fourth-order valence-electron chi connectivity index (χ4n) is 1.68. The third-order valence-corrected chi connectivity index (χ3v) is 2.70. The van der Waals surface area contributed by atoms with Crippen LogP contribution in [0.25, 0.3) is 0 Å². The van der Waals surface area contributed by atoms with Gasteiger partial charge >= 0.3 is 5.97 Å². The molecule has 0 aliphatic rings.